The van der Waals surface area contributed by atoms with Crippen molar-refractivity contribution in [3.8, 4) is 0 Å². The van der Waals surface area contributed by atoms with Crippen molar-refractivity contribution in [3.63, 3.8) is 0 Å². The minimum atomic E-state index is 0.446. The molecule has 0 radical (unpaired) electrons. The summed E-state index contributed by atoms with van der Waals surface area (Å²) in [6.45, 7) is 9.03. The third kappa shape index (κ3) is 6.55. The highest BCUT2D eigenvalue weighted by molar-refractivity contribution is 5.08. The SMILES string of the molecule is CCCCCC1NNC(CCC/C(C)=C(\C)CC)N1. The van der Waals surface area contributed by atoms with Gasteiger partial charge in [-0.05, 0) is 46.0 Å². The predicted octanol–water partition coefficient (Wildman–Crippen LogP) is 3.83. The van der Waals surface area contributed by atoms with E-state index in [-0.39, 0.29) is 0 Å². The molecule has 1 rings (SSSR count). The molecular weight excluding hydrogens is 234 g/mol. The van der Waals surface area contributed by atoms with Crippen LogP contribution < -0.4 is 16.2 Å². The molecule has 0 saturated carbocycles. The zero-order chi connectivity index (χ0) is 14.1. The first-order valence-corrected chi connectivity index (χ1v) is 8.09. The number of nitrogens with one attached hydrogen (secondary N) is 3. The van der Waals surface area contributed by atoms with Crippen molar-refractivity contribution < 1.29 is 0 Å². The lowest BCUT2D eigenvalue weighted by atomic mass is 10.0. The largest absolute Gasteiger partial charge is 0.285 e. The maximum atomic E-state index is 3.63. The van der Waals surface area contributed by atoms with E-state index in [1.54, 1.807) is 11.1 Å². The number of rotatable bonds is 9. The molecule has 2 atom stereocenters. The van der Waals surface area contributed by atoms with Gasteiger partial charge in [-0.1, -0.05) is 44.3 Å². The van der Waals surface area contributed by atoms with E-state index in [9.17, 15) is 0 Å². The van der Waals surface area contributed by atoms with Crippen LogP contribution >= 0.6 is 0 Å². The second kappa shape index (κ2) is 9.51. The van der Waals surface area contributed by atoms with Crippen LogP contribution in [-0.4, -0.2) is 12.3 Å². The Morgan fingerprint density at radius 1 is 0.842 bits per heavy atom. The number of hydrogen-bond acceptors (Lipinski definition) is 3. The van der Waals surface area contributed by atoms with Gasteiger partial charge in [-0.15, -0.1) is 0 Å². The monoisotopic (exact) mass is 267 g/mol. The Bertz CT molecular complexity index is 273. The van der Waals surface area contributed by atoms with Crippen LogP contribution in [0.2, 0.25) is 0 Å². The Hall–Kier alpha value is -0.380. The van der Waals surface area contributed by atoms with E-state index in [0.717, 1.165) is 0 Å². The van der Waals surface area contributed by atoms with Gasteiger partial charge in [0, 0.05) is 0 Å². The Balaban J connectivity index is 2.12. The lowest BCUT2D eigenvalue weighted by molar-refractivity contribution is 0.452. The molecule has 0 aromatic rings. The highest BCUT2D eigenvalue weighted by Crippen LogP contribution is 2.15. The minimum Gasteiger partial charge on any atom is -0.285 e. The molecule has 3 heteroatoms. The summed E-state index contributed by atoms with van der Waals surface area (Å²) in [5.41, 5.74) is 9.87. The number of hydrogen-bond donors (Lipinski definition) is 3. The number of unbranched alkanes of at least 4 members (excludes halogenated alkanes) is 2. The molecule has 0 bridgehead atoms. The normalized spacial score (nSPS) is 24.6. The molecule has 0 aromatic carbocycles. The van der Waals surface area contributed by atoms with Crippen LogP contribution in [0.25, 0.3) is 0 Å². The van der Waals surface area contributed by atoms with E-state index >= 15 is 0 Å². The Morgan fingerprint density at radius 2 is 1.47 bits per heavy atom. The summed E-state index contributed by atoms with van der Waals surface area (Å²) in [6, 6.07) is 0. The van der Waals surface area contributed by atoms with Gasteiger partial charge >= 0.3 is 0 Å². The minimum absolute atomic E-state index is 0.446. The third-order valence-electron chi connectivity index (χ3n) is 4.23. The molecule has 3 nitrogen and oxygen atoms in total. The van der Waals surface area contributed by atoms with Gasteiger partial charge in [-0.2, -0.15) is 0 Å². The summed E-state index contributed by atoms with van der Waals surface area (Å²) in [4.78, 5) is 0. The first-order chi connectivity index (χ1) is 9.17. The molecular formula is C16H33N3. The molecule has 3 N–H and O–H groups in total. The molecule has 19 heavy (non-hydrogen) atoms. The van der Waals surface area contributed by atoms with Gasteiger partial charge in [0.05, 0.1) is 12.3 Å². The van der Waals surface area contributed by atoms with Crippen molar-refractivity contribution in [2.75, 3.05) is 0 Å². The molecule has 0 spiro atoms. The van der Waals surface area contributed by atoms with Crippen molar-refractivity contribution >= 4 is 0 Å². The van der Waals surface area contributed by atoms with Crippen molar-refractivity contribution in [3.05, 3.63) is 11.1 Å². The second-order valence-corrected chi connectivity index (χ2v) is 5.86. The van der Waals surface area contributed by atoms with E-state index in [2.05, 4.69) is 43.9 Å². The lowest BCUT2D eigenvalue weighted by Crippen LogP contribution is -2.33. The predicted molar refractivity (Wildman–Crippen MR) is 83.6 cm³/mol. The summed E-state index contributed by atoms with van der Waals surface area (Å²) < 4.78 is 0. The maximum Gasteiger partial charge on any atom is 0.0716 e. The van der Waals surface area contributed by atoms with Crippen molar-refractivity contribution in [1.29, 1.82) is 0 Å². The van der Waals surface area contributed by atoms with Gasteiger partial charge in [0.2, 0.25) is 0 Å². The molecule has 1 aliphatic heterocycles. The van der Waals surface area contributed by atoms with Crippen molar-refractivity contribution in [2.45, 2.75) is 91.4 Å². The van der Waals surface area contributed by atoms with Gasteiger partial charge in [0.15, 0.2) is 0 Å². The van der Waals surface area contributed by atoms with Crippen LogP contribution in [-0.2, 0) is 0 Å². The van der Waals surface area contributed by atoms with Gasteiger partial charge in [-0.25, -0.2) is 10.9 Å². The zero-order valence-corrected chi connectivity index (χ0v) is 13.3. The van der Waals surface area contributed by atoms with E-state index in [1.165, 1.54) is 51.4 Å². The molecule has 1 fully saturated rings. The van der Waals surface area contributed by atoms with Gasteiger partial charge < -0.3 is 0 Å². The average Bonchev–Trinajstić information content (AvgIpc) is 2.86. The van der Waals surface area contributed by atoms with Gasteiger partial charge in [0.25, 0.3) is 0 Å². The average molecular weight is 267 g/mol. The van der Waals surface area contributed by atoms with E-state index in [1.807, 2.05) is 0 Å². The standard InChI is InChI=1S/C16H33N3/c1-5-7-8-11-15-17-16(19-18-15)12-9-10-14(4)13(3)6-2/h15-19H,5-12H2,1-4H3/b14-13+. The van der Waals surface area contributed by atoms with Crippen molar-refractivity contribution in [1.82, 2.24) is 16.2 Å². The fraction of sp³-hybridized carbons (Fsp3) is 0.875. The van der Waals surface area contributed by atoms with E-state index in [0.29, 0.717) is 12.3 Å². The molecule has 0 aliphatic carbocycles. The summed E-state index contributed by atoms with van der Waals surface area (Å²) in [6.07, 6.45) is 11.0. The summed E-state index contributed by atoms with van der Waals surface area (Å²) in [5, 5.41) is 3.63. The highest BCUT2D eigenvalue weighted by atomic mass is 15.5. The molecule has 0 amide bonds. The van der Waals surface area contributed by atoms with E-state index < -0.39 is 0 Å². The molecule has 1 aliphatic rings. The second-order valence-electron chi connectivity index (χ2n) is 5.86. The smallest absolute Gasteiger partial charge is 0.0716 e. The molecule has 1 heterocycles. The van der Waals surface area contributed by atoms with Gasteiger partial charge in [0.1, 0.15) is 0 Å². The zero-order valence-electron chi connectivity index (χ0n) is 13.3. The Kier molecular flexibility index (Phi) is 8.35. The molecule has 2 unspecified atom stereocenters. The van der Waals surface area contributed by atoms with Crippen LogP contribution in [0.5, 0.6) is 0 Å². The van der Waals surface area contributed by atoms with Crippen LogP contribution in [0.15, 0.2) is 11.1 Å². The number of hydrazine groups is 1. The van der Waals surface area contributed by atoms with Crippen molar-refractivity contribution in [2.24, 2.45) is 0 Å². The summed E-state index contributed by atoms with van der Waals surface area (Å²) >= 11 is 0. The van der Waals surface area contributed by atoms with Crippen LogP contribution in [0, 0.1) is 0 Å². The Morgan fingerprint density at radius 3 is 2.05 bits per heavy atom. The van der Waals surface area contributed by atoms with Crippen LogP contribution in [0.4, 0.5) is 0 Å². The molecule has 1 saturated heterocycles. The third-order valence-corrected chi connectivity index (χ3v) is 4.23. The first-order valence-electron chi connectivity index (χ1n) is 8.09. The van der Waals surface area contributed by atoms with Gasteiger partial charge in [-0.3, -0.25) is 5.32 Å². The number of allylic oxidation sites excluding steroid dienone is 2. The molecule has 112 valence electrons. The Labute approximate surface area is 119 Å². The summed E-state index contributed by atoms with van der Waals surface area (Å²) in [5.74, 6) is 0. The lowest BCUT2D eigenvalue weighted by Gasteiger charge is -2.12. The highest BCUT2D eigenvalue weighted by Gasteiger charge is 2.21. The quantitative estimate of drug-likeness (QED) is 0.439. The molecule has 0 aromatic heterocycles. The fourth-order valence-electron chi connectivity index (χ4n) is 2.52. The topological polar surface area (TPSA) is 36.1 Å². The fourth-order valence-corrected chi connectivity index (χ4v) is 2.52. The van der Waals surface area contributed by atoms with Crippen LogP contribution in [0.3, 0.4) is 0 Å². The summed E-state index contributed by atoms with van der Waals surface area (Å²) in [7, 11) is 0. The first kappa shape index (κ1) is 16.7. The van der Waals surface area contributed by atoms with E-state index in [4.69, 9.17) is 0 Å². The maximum absolute atomic E-state index is 3.63. The van der Waals surface area contributed by atoms with Crippen LogP contribution in [0.1, 0.15) is 79.1 Å².